The first-order valence-corrected chi connectivity index (χ1v) is 5.44. The molecule has 1 atom stereocenters. The number of aromatic nitrogens is 1. The van der Waals surface area contributed by atoms with Gasteiger partial charge in [-0.25, -0.2) is 4.98 Å². The Morgan fingerprint density at radius 1 is 1.50 bits per heavy atom. The first kappa shape index (κ1) is 12.9. The summed E-state index contributed by atoms with van der Waals surface area (Å²) in [5.74, 6) is 0.839. The zero-order chi connectivity index (χ0) is 12.3. The van der Waals surface area contributed by atoms with Crippen molar-refractivity contribution in [2.75, 3.05) is 18.5 Å². The molecule has 1 rings (SSSR count). The fourth-order valence-corrected chi connectivity index (χ4v) is 1.55. The largest absolute Gasteiger partial charge is 0.389 e. The van der Waals surface area contributed by atoms with Crippen LogP contribution in [0, 0.1) is 0 Å². The molecule has 1 aromatic heterocycles. The zero-order valence-corrected chi connectivity index (χ0v) is 10.4. The summed E-state index contributed by atoms with van der Waals surface area (Å²) in [6.07, 6.45) is 1.78. The van der Waals surface area contributed by atoms with Crippen molar-refractivity contribution >= 4 is 5.82 Å². The molecular weight excluding hydrogens is 202 g/mol. The van der Waals surface area contributed by atoms with Gasteiger partial charge in [-0.15, -0.1) is 0 Å². The number of hydrogen-bond donors (Lipinski definition) is 2. The predicted molar refractivity (Wildman–Crippen MR) is 66.4 cm³/mol. The lowest BCUT2D eigenvalue weighted by Gasteiger charge is -2.26. The quantitative estimate of drug-likeness (QED) is 0.808. The van der Waals surface area contributed by atoms with E-state index in [0.717, 1.165) is 11.4 Å². The fraction of sp³-hybridized carbons (Fsp3) is 0.583. The van der Waals surface area contributed by atoms with E-state index in [1.165, 1.54) is 0 Å². The molecule has 0 bridgehead atoms. The lowest BCUT2D eigenvalue weighted by Crippen LogP contribution is -2.36. The van der Waals surface area contributed by atoms with Crippen molar-refractivity contribution in [1.82, 2.24) is 4.98 Å². The molecule has 1 heterocycles. The Hall–Kier alpha value is -1.13. The highest BCUT2D eigenvalue weighted by molar-refractivity contribution is 5.39. The molecule has 0 aliphatic carbocycles. The molecule has 1 aromatic rings. The van der Waals surface area contributed by atoms with E-state index in [9.17, 15) is 5.11 Å². The van der Waals surface area contributed by atoms with Crippen LogP contribution >= 0.6 is 0 Å². The van der Waals surface area contributed by atoms with Gasteiger partial charge < -0.3 is 15.7 Å². The molecule has 16 heavy (non-hydrogen) atoms. The lowest BCUT2D eigenvalue weighted by atomic mass is 10.1. The van der Waals surface area contributed by atoms with Gasteiger partial charge in [0.2, 0.25) is 0 Å². The monoisotopic (exact) mass is 223 g/mol. The van der Waals surface area contributed by atoms with Crippen LogP contribution in [0.5, 0.6) is 0 Å². The van der Waals surface area contributed by atoms with Gasteiger partial charge in [0.15, 0.2) is 0 Å². The third kappa shape index (κ3) is 3.79. The molecule has 90 valence electrons. The van der Waals surface area contributed by atoms with Crippen LogP contribution in [0.15, 0.2) is 18.3 Å². The maximum Gasteiger partial charge on any atom is 0.128 e. The summed E-state index contributed by atoms with van der Waals surface area (Å²) in [4.78, 5) is 6.24. The van der Waals surface area contributed by atoms with Gasteiger partial charge >= 0.3 is 0 Å². The van der Waals surface area contributed by atoms with Crippen LogP contribution in [0.4, 0.5) is 5.82 Å². The first-order valence-electron chi connectivity index (χ1n) is 5.44. The van der Waals surface area contributed by atoms with E-state index in [4.69, 9.17) is 5.73 Å². The minimum Gasteiger partial charge on any atom is -0.389 e. The molecule has 0 saturated heterocycles. The van der Waals surface area contributed by atoms with E-state index in [-0.39, 0.29) is 6.04 Å². The Bertz CT molecular complexity index is 327. The van der Waals surface area contributed by atoms with E-state index in [1.807, 2.05) is 31.0 Å². The predicted octanol–water partition coefficient (Wildman–Crippen LogP) is 1.31. The third-order valence-corrected chi connectivity index (χ3v) is 2.31. The zero-order valence-electron chi connectivity index (χ0n) is 10.4. The highest BCUT2D eigenvalue weighted by Crippen LogP contribution is 2.15. The van der Waals surface area contributed by atoms with E-state index in [0.29, 0.717) is 6.54 Å². The van der Waals surface area contributed by atoms with Crippen molar-refractivity contribution in [3.63, 3.8) is 0 Å². The van der Waals surface area contributed by atoms with E-state index >= 15 is 0 Å². The SMILES string of the molecule is CC(N)c1ccc(N(C)CC(C)(C)O)nc1. The Morgan fingerprint density at radius 3 is 2.50 bits per heavy atom. The summed E-state index contributed by atoms with van der Waals surface area (Å²) < 4.78 is 0. The van der Waals surface area contributed by atoms with Crippen molar-refractivity contribution in [2.24, 2.45) is 5.73 Å². The number of nitrogens with two attached hydrogens (primary N) is 1. The normalized spacial score (nSPS) is 13.6. The highest BCUT2D eigenvalue weighted by atomic mass is 16.3. The number of hydrogen-bond acceptors (Lipinski definition) is 4. The molecule has 0 fully saturated rings. The van der Waals surface area contributed by atoms with E-state index in [2.05, 4.69) is 4.98 Å². The van der Waals surface area contributed by atoms with Crippen LogP contribution in [-0.4, -0.2) is 29.3 Å². The van der Waals surface area contributed by atoms with E-state index < -0.39 is 5.60 Å². The number of nitrogens with zero attached hydrogens (tertiary/aromatic N) is 2. The molecular formula is C12H21N3O. The minimum absolute atomic E-state index is 0.00105. The molecule has 0 aliphatic rings. The number of rotatable bonds is 4. The summed E-state index contributed by atoms with van der Waals surface area (Å²) >= 11 is 0. The van der Waals surface area contributed by atoms with Crippen LogP contribution in [-0.2, 0) is 0 Å². The summed E-state index contributed by atoms with van der Waals surface area (Å²) in [5, 5.41) is 9.70. The standard InChI is InChI=1S/C12H21N3O/c1-9(13)10-5-6-11(14-7-10)15(4)8-12(2,3)16/h5-7,9,16H,8,13H2,1-4H3. The van der Waals surface area contributed by atoms with Crippen LogP contribution < -0.4 is 10.6 Å². The smallest absolute Gasteiger partial charge is 0.128 e. The van der Waals surface area contributed by atoms with Gasteiger partial charge in [0.25, 0.3) is 0 Å². The van der Waals surface area contributed by atoms with Gasteiger partial charge in [-0.1, -0.05) is 6.07 Å². The van der Waals surface area contributed by atoms with Crippen LogP contribution in [0.2, 0.25) is 0 Å². The molecule has 4 heteroatoms. The van der Waals surface area contributed by atoms with Crippen molar-refractivity contribution in [3.05, 3.63) is 23.9 Å². The van der Waals surface area contributed by atoms with Gasteiger partial charge in [-0.2, -0.15) is 0 Å². The molecule has 0 spiro atoms. The molecule has 3 N–H and O–H groups in total. The average molecular weight is 223 g/mol. The topological polar surface area (TPSA) is 62.4 Å². The van der Waals surface area contributed by atoms with Crippen LogP contribution in [0.25, 0.3) is 0 Å². The summed E-state index contributed by atoms with van der Waals surface area (Å²) in [6, 6.07) is 3.89. The van der Waals surface area contributed by atoms with Gasteiger partial charge in [0.1, 0.15) is 5.82 Å². The highest BCUT2D eigenvalue weighted by Gasteiger charge is 2.16. The van der Waals surface area contributed by atoms with Gasteiger partial charge in [-0.3, -0.25) is 0 Å². The summed E-state index contributed by atoms with van der Waals surface area (Å²) in [6.45, 7) is 6.02. The molecule has 0 aliphatic heterocycles. The number of likely N-dealkylation sites (N-methyl/N-ethyl adjacent to an activating group) is 1. The van der Waals surface area contributed by atoms with Crippen LogP contribution in [0.3, 0.4) is 0 Å². The molecule has 4 nitrogen and oxygen atoms in total. The molecule has 0 amide bonds. The average Bonchev–Trinajstić information content (AvgIpc) is 2.15. The molecule has 0 radical (unpaired) electrons. The second-order valence-corrected chi connectivity index (χ2v) is 4.91. The third-order valence-electron chi connectivity index (χ3n) is 2.31. The lowest BCUT2D eigenvalue weighted by molar-refractivity contribution is 0.0884. The molecule has 0 saturated carbocycles. The maximum absolute atomic E-state index is 9.70. The van der Waals surface area contributed by atoms with E-state index in [1.54, 1.807) is 20.0 Å². The van der Waals surface area contributed by atoms with Crippen molar-refractivity contribution < 1.29 is 5.11 Å². The van der Waals surface area contributed by atoms with Crippen molar-refractivity contribution in [2.45, 2.75) is 32.4 Å². The maximum atomic E-state index is 9.70. The summed E-state index contributed by atoms with van der Waals surface area (Å²) in [7, 11) is 1.91. The Morgan fingerprint density at radius 2 is 2.12 bits per heavy atom. The van der Waals surface area contributed by atoms with Crippen molar-refractivity contribution in [3.8, 4) is 0 Å². The fourth-order valence-electron chi connectivity index (χ4n) is 1.55. The second kappa shape index (κ2) is 4.80. The number of aliphatic hydroxyl groups is 1. The number of pyridine rings is 1. The van der Waals surface area contributed by atoms with Crippen LogP contribution in [0.1, 0.15) is 32.4 Å². The Kier molecular flexibility index (Phi) is 3.88. The minimum atomic E-state index is -0.726. The Balaban J connectivity index is 2.74. The molecule has 1 unspecified atom stereocenters. The van der Waals surface area contributed by atoms with Gasteiger partial charge in [0.05, 0.1) is 5.60 Å². The second-order valence-electron chi connectivity index (χ2n) is 4.91. The van der Waals surface area contributed by atoms with Gasteiger partial charge in [-0.05, 0) is 32.4 Å². The Labute approximate surface area is 97.1 Å². The number of anilines is 1. The molecule has 0 aromatic carbocycles. The van der Waals surface area contributed by atoms with Gasteiger partial charge in [0, 0.05) is 25.8 Å². The van der Waals surface area contributed by atoms with Crippen molar-refractivity contribution in [1.29, 1.82) is 0 Å². The first-order chi connectivity index (χ1) is 7.29. The summed E-state index contributed by atoms with van der Waals surface area (Å²) in [5.41, 5.74) is 6.04.